The molecule has 0 atom stereocenters. The molecule has 0 aliphatic carbocycles. The zero-order valence-corrected chi connectivity index (χ0v) is 12.1. The number of benzene rings is 1. The summed E-state index contributed by atoms with van der Waals surface area (Å²) in [4.78, 5) is 26.8. The number of rotatable bonds is 1. The van der Waals surface area contributed by atoms with Gasteiger partial charge in [-0.25, -0.2) is 9.18 Å². The number of halogens is 1. The van der Waals surface area contributed by atoms with Crippen LogP contribution in [0.4, 0.5) is 14.9 Å². The van der Waals surface area contributed by atoms with Gasteiger partial charge in [-0.1, -0.05) is 0 Å². The molecular weight excluding hydrogens is 277 g/mol. The summed E-state index contributed by atoms with van der Waals surface area (Å²) in [6.45, 7) is 2.96. The molecule has 2 amide bonds. The van der Waals surface area contributed by atoms with Crippen molar-refractivity contribution < 1.29 is 18.7 Å². The second kappa shape index (κ2) is 5.99. The lowest BCUT2D eigenvalue weighted by molar-refractivity contribution is 0.0595. The molecule has 1 heterocycles. The van der Waals surface area contributed by atoms with E-state index in [-0.39, 0.29) is 5.56 Å². The maximum atomic E-state index is 14.1. The van der Waals surface area contributed by atoms with Crippen molar-refractivity contribution in [2.75, 3.05) is 39.0 Å². The third kappa shape index (κ3) is 3.07. The Hall–Kier alpha value is -2.31. The van der Waals surface area contributed by atoms with Gasteiger partial charge in [-0.2, -0.15) is 0 Å². The first kappa shape index (κ1) is 15.1. The molecule has 0 spiro atoms. The minimum Gasteiger partial charge on any atom is -0.453 e. The smallest absolute Gasteiger partial charge is 0.409 e. The van der Waals surface area contributed by atoms with Crippen molar-refractivity contribution in [3.05, 3.63) is 29.1 Å². The number of carbonyl (C=O) groups excluding carboxylic acids is 2. The largest absolute Gasteiger partial charge is 0.453 e. The molecule has 0 saturated carbocycles. The number of carbonyl (C=O) groups is 2. The predicted molar refractivity (Wildman–Crippen MR) is 75.4 cm³/mol. The highest BCUT2D eigenvalue weighted by atomic mass is 19.1. The van der Waals surface area contributed by atoms with E-state index in [1.807, 2.05) is 0 Å². The molecule has 1 aromatic carbocycles. The second-order valence-corrected chi connectivity index (χ2v) is 4.95. The van der Waals surface area contributed by atoms with Gasteiger partial charge in [0.2, 0.25) is 0 Å². The molecule has 2 rings (SSSR count). The number of nitrogens with zero attached hydrogens (tertiary/aromatic N) is 2. The van der Waals surface area contributed by atoms with Gasteiger partial charge in [0.15, 0.2) is 0 Å². The van der Waals surface area contributed by atoms with Gasteiger partial charge < -0.3 is 20.3 Å². The molecule has 0 unspecified atom stereocenters. The molecule has 1 aromatic rings. The van der Waals surface area contributed by atoms with Crippen LogP contribution in [0.15, 0.2) is 12.1 Å². The summed E-state index contributed by atoms with van der Waals surface area (Å²) in [6.07, 6.45) is -0.423. The fourth-order valence-corrected chi connectivity index (χ4v) is 2.34. The Bertz CT molecular complexity index is 569. The predicted octanol–water partition coefficient (Wildman–Crippen LogP) is 1.24. The highest BCUT2D eigenvalue weighted by molar-refractivity contribution is 5.95. The summed E-state index contributed by atoms with van der Waals surface area (Å²) < 4.78 is 18.7. The molecule has 0 bridgehead atoms. The number of amides is 2. The van der Waals surface area contributed by atoms with E-state index in [4.69, 9.17) is 5.73 Å². The van der Waals surface area contributed by atoms with Crippen LogP contribution in [-0.2, 0) is 4.74 Å². The van der Waals surface area contributed by atoms with Gasteiger partial charge in [-0.05, 0) is 24.6 Å². The molecule has 1 saturated heterocycles. The number of hydrogen-bond acceptors (Lipinski definition) is 4. The SMILES string of the molecule is COC(=O)N1CCN(C(=O)c2cc(N)cc(C)c2F)CC1. The van der Waals surface area contributed by atoms with E-state index in [0.717, 1.165) is 0 Å². The normalized spacial score (nSPS) is 15.0. The van der Waals surface area contributed by atoms with Crippen molar-refractivity contribution in [1.29, 1.82) is 0 Å². The average molecular weight is 295 g/mol. The van der Waals surface area contributed by atoms with Crippen molar-refractivity contribution in [1.82, 2.24) is 9.80 Å². The third-order valence-corrected chi connectivity index (χ3v) is 3.51. The molecule has 21 heavy (non-hydrogen) atoms. The maximum absolute atomic E-state index is 14.1. The van der Waals surface area contributed by atoms with Crippen LogP contribution in [0.25, 0.3) is 0 Å². The zero-order chi connectivity index (χ0) is 15.6. The number of methoxy groups -OCH3 is 1. The van der Waals surface area contributed by atoms with E-state index >= 15 is 0 Å². The van der Waals surface area contributed by atoms with Gasteiger partial charge >= 0.3 is 6.09 Å². The van der Waals surface area contributed by atoms with Crippen molar-refractivity contribution in [3.8, 4) is 0 Å². The van der Waals surface area contributed by atoms with Gasteiger partial charge in [0, 0.05) is 31.9 Å². The fourth-order valence-electron chi connectivity index (χ4n) is 2.34. The summed E-state index contributed by atoms with van der Waals surface area (Å²) in [6, 6.07) is 2.83. The first-order chi connectivity index (χ1) is 9.93. The molecule has 2 N–H and O–H groups in total. The Labute approximate surface area is 122 Å². The van der Waals surface area contributed by atoms with Crippen LogP contribution in [0.3, 0.4) is 0 Å². The van der Waals surface area contributed by atoms with Crippen LogP contribution < -0.4 is 5.73 Å². The van der Waals surface area contributed by atoms with E-state index in [1.165, 1.54) is 29.0 Å². The maximum Gasteiger partial charge on any atom is 0.409 e. The summed E-state index contributed by atoms with van der Waals surface area (Å²) in [5.41, 5.74) is 6.33. The standard InChI is InChI=1S/C14H18FN3O3/c1-9-7-10(16)8-11(12(9)15)13(19)17-3-5-18(6-4-17)14(20)21-2/h7-8H,3-6,16H2,1-2H3. The van der Waals surface area contributed by atoms with Gasteiger partial charge in [0.05, 0.1) is 12.7 Å². The minimum atomic E-state index is -0.551. The van der Waals surface area contributed by atoms with E-state index in [9.17, 15) is 14.0 Å². The Balaban J connectivity index is 2.11. The first-order valence-corrected chi connectivity index (χ1v) is 6.62. The Morgan fingerprint density at radius 1 is 1.19 bits per heavy atom. The molecule has 1 fully saturated rings. The van der Waals surface area contributed by atoms with Gasteiger partial charge in [0.25, 0.3) is 5.91 Å². The number of nitrogen functional groups attached to an aromatic ring is 1. The van der Waals surface area contributed by atoms with E-state index in [1.54, 1.807) is 6.92 Å². The zero-order valence-electron chi connectivity index (χ0n) is 12.1. The lowest BCUT2D eigenvalue weighted by Crippen LogP contribution is -2.50. The van der Waals surface area contributed by atoms with Crippen LogP contribution in [0.1, 0.15) is 15.9 Å². The molecule has 114 valence electrons. The van der Waals surface area contributed by atoms with E-state index in [2.05, 4.69) is 4.74 Å². The molecule has 7 heteroatoms. The molecule has 1 aliphatic rings. The van der Waals surface area contributed by atoms with Crippen molar-refractivity contribution in [2.24, 2.45) is 0 Å². The van der Waals surface area contributed by atoms with Crippen molar-refractivity contribution in [3.63, 3.8) is 0 Å². The number of hydrogen-bond donors (Lipinski definition) is 1. The molecular formula is C14H18FN3O3. The summed E-state index contributed by atoms with van der Waals surface area (Å²) in [5.74, 6) is -0.961. The molecule has 0 radical (unpaired) electrons. The Morgan fingerprint density at radius 2 is 1.76 bits per heavy atom. The Morgan fingerprint density at radius 3 is 2.33 bits per heavy atom. The van der Waals surface area contributed by atoms with E-state index < -0.39 is 17.8 Å². The number of nitrogens with two attached hydrogens (primary N) is 1. The fraction of sp³-hybridized carbons (Fsp3) is 0.429. The lowest BCUT2D eigenvalue weighted by Gasteiger charge is -2.34. The average Bonchev–Trinajstić information content (AvgIpc) is 2.49. The van der Waals surface area contributed by atoms with Crippen LogP contribution in [0.2, 0.25) is 0 Å². The van der Waals surface area contributed by atoms with Crippen LogP contribution in [-0.4, -0.2) is 55.1 Å². The minimum absolute atomic E-state index is 0.0287. The molecule has 1 aliphatic heterocycles. The van der Waals surface area contributed by atoms with Crippen molar-refractivity contribution in [2.45, 2.75) is 6.92 Å². The number of piperazine rings is 1. The second-order valence-electron chi connectivity index (χ2n) is 4.95. The number of ether oxygens (including phenoxy) is 1. The van der Waals surface area contributed by atoms with Crippen LogP contribution in [0.5, 0.6) is 0 Å². The summed E-state index contributed by atoms with van der Waals surface area (Å²) in [7, 11) is 1.31. The number of aryl methyl sites for hydroxylation is 1. The highest BCUT2D eigenvalue weighted by Crippen LogP contribution is 2.19. The van der Waals surface area contributed by atoms with Gasteiger partial charge in [0.1, 0.15) is 5.82 Å². The Kier molecular flexibility index (Phi) is 4.30. The quantitative estimate of drug-likeness (QED) is 0.791. The van der Waals surface area contributed by atoms with E-state index in [0.29, 0.717) is 37.4 Å². The van der Waals surface area contributed by atoms with Crippen LogP contribution >= 0.6 is 0 Å². The monoisotopic (exact) mass is 295 g/mol. The molecule has 0 aromatic heterocycles. The highest BCUT2D eigenvalue weighted by Gasteiger charge is 2.27. The lowest BCUT2D eigenvalue weighted by atomic mass is 10.1. The topological polar surface area (TPSA) is 75.9 Å². The van der Waals surface area contributed by atoms with Crippen LogP contribution in [0, 0.1) is 12.7 Å². The number of anilines is 1. The van der Waals surface area contributed by atoms with Gasteiger partial charge in [-0.15, -0.1) is 0 Å². The summed E-state index contributed by atoms with van der Waals surface area (Å²) >= 11 is 0. The summed E-state index contributed by atoms with van der Waals surface area (Å²) in [5, 5.41) is 0. The first-order valence-electron chi connectivity index (χ1n) is 6.62. The van der Waals surface area contributed by atoms with Gasteiger partial charge in [-0.3, -0.25) is 4.79 Å². The van der Waals surface area contributed by atoms with Crippen molar-refractivity contribution >= 4 is 17.7 Å². The molecule has 6 nitrogen and oxygen atoms in total. The third-order valence-electron chi connectivity index (χ3n) is 3.51.